The van der Waals surface area contributed by atoms with Crippen molar-refractivity contribution in [2.24, 2.45) is 0 Å². The van der Waals surface area contributed by atoms with Crippen molar-refractivity contribution in [2.75, 3.05) is 0 Å². The minimum atomic E-state index is -0.459. The number of aliphatic hydroxyl groups excluding tert-OH is 1. The Bertz CT molecular complexity index is 1350. The van der Waals surface area contributed by atoms with Crippen LogP contribution in [0.15, 0.2) is 72.8 Å². The van der Waals surface area contributed by atoms with Crippen molar-refractivity contribution in [3.8, 4) is 0 Å². The molecule has 0 aliphatic heterocycles. The Morgan fingerprint density at radius 2 is 1.09 bits per heavy atom. The number of hydrogen-bond acceptors (Lipinski definition) is 1. The van der Waals surface area contributed by atoms with Crippen LogP contribution in [0.3, 0.4) is 0 Å². The van der Waals surface area contributed by atoms with Crippen molar-refractivity contribution in [1.29, 1.82) is 0 Å². The second-order valence-corrected chi connectivity index (χ2v) is 9.27. The van der Waals surface area contributed by atoms with Gasteiger partial charge in [-0.25, -0.2) is 0 Å². The van der Waals surface area contributed by atoms with Gasteiger partial charge in [-0.1, -0.05) is 67.4 Å². The summed E-state index contributed by atoms with van der Waals surface area (Å²) in [5, 5.41) is 15.3. The van der Waals surface area contributed by atoms with Gasteiger partial charge in [-0.05, 0) is 49.4 Å². The lowest BCUT2D eigenvalue weighted by Crippen LogP contribution is -2.23. The average Bonchev–Trinajstić information content (AvgIpc) is 3.26. The summed E-state index contributed by atoms with van der Waals surface area (Å²) in [6.45, 7) is 1.23. The van der Waals surface area contributed by atoms with Crippen LogP contribution in [0.5, 0.6) is 0 Å². The van der Waals surface area contributed by atoms with E-state index in [1.807, 2.05) is 0 Å². The third kappa shape index (κ3) is 3.23. The molecular weight excluding hydrogens is 392 g/mol. The van der Waals surface area contributed by atoms with Gasteiger partial charge in [0.2, 0.25) is 0 Å². The van der Waals surface area contributed by atoms with E-state index < -0.39 is 6.10 Å². The van der Waals surface area contributed by atoms with Gasteiger partial charge in [-0.3, -0.25) is 0 Å². The molecule has 0 saturated heterocycles. The number of fused-ring (bicyclic) bond motifs is 6. The van der Waals surface area contributed by atoms with Crippen LogP contribution in [0.25, 0.3) is 32.7 Å². The summed E-state index contributed by atoms with van der Waals surface area (Å²) in [7, 11) is 0. The lowest BCUT2D eigenvalue weighted by Gasteiger charge is -2.19. The SMILES string of the molecule is OC(Cn1c2c(c3ccccc31)CCCCCC2)Cn1c2ccccc2c2ccccc21. The molecule has 2 aromatic heterocycles. The van der Waals surface area contributed by atoms with Crippen molar-refractivity contribution in [3.63, 3.8) is 0 Å². The first-order valence-corrected chi connectivity index (χ1v) is 12.0. The molecule has 0 bridgehead atoms. The molecule has 0 spiro atoms. The third-order valence-corrected chi connectivity index (χ3v) is 7.25. The van der Waals surface area contributed by atoms with Crippen LogP contribution < -0.4 is 0 Å². The first-order valence-electron chi connectivity index (χ1n) is 12.0. The zero-order chi connectivity index (χ0) is 21.5. The number of para-hydroxylation sites is 3. The predicted molar refractivity (Wildman–Crippen MR) is 133 cm³/mol. The Morgan fingerprint density at radius 3 is 1.75 bits per heavy atom. The maximum atomic E-state index is 11.4. The van der Waals surface area contributed by atoms with E-state index in [4.69, 9.17) is 0 Å². The molecule has 2 heterocycles. The van der Waals surface area contributed by atoms with Gasteiger partial charge >= 0.3 is 0 Å². The summed E-state index contributed by atoms with van der Waals surface area (Å²) in [6.07, 6.45) is 6.97. The largest absolute Gasteiger partial charge is 0.389 e. The fourth-order valence-electron chi connectivity index (χ4n) is 5.83. The third-order valence-electron chi connectivity index (χ3n) is 7.25. The minimum Gasteiger partial charge on any atom is -0.389 e. The Kier molecular flexibility index (Phi) is 4.99. The highest BCUT2D eigenvalue weighted by Crippen LogP contribution is 2.32. The second-order valence-electron chi connectivity index (χ2n) is 9.27. The highest BCUT2D eigenvalue weighted by molar-refractivity contribution is 6.07. The topological polar surface area (TPSA) is 30.1 Å². The molecule has 0 saturated carbocycles. The van der Waals surface area contributed by atoms with E-state index in [0.717, 1.165) is 12.8 Å². The summed E-state index contributed by atoms with van der Waals surface area (Å²) >= 11 is 0. The van der Waals surface area contributed by atoms with Gasteiger partial charge in [0.25, 0.3) is 0 Å². The number of hydrogen-bond donors (Lipinski definition) is 1. The zero-order valence-corrected chi connectivity index (χ0v) is 18.5. The zero-order valence-electron chi connectivity index (χ0n) is 18.5. The molecule has 6 rings (SSSR count). The van der Waals surface area contributed by atoms with Gasteiger partial charge in [0.05, 0.1) is 19.2 Å². The lowest BCUT2D eigenvalue weighted by atomic mass is 9.97. The van der Waals surface area contributed by atoms with Crippen molar-refractivity contribution in [3.05, 3.63) is 84.1 Å². The van der Waals surface area contributed by atoms with Crippen LogP contribution >= 0.6 is 0 Å². The molecule has 0 amide bonds. The Hall–Kier alpha value is -3.04. The highest BCUT2D eigenvalue weighted by atomic mass is 16.3. The molecule has 1 aliphatic carbocycles. The Morgan fingerprint density at radius 1 is 0.594 bits per heavy atom. The van der Waals surface area contributed by atoms with Crippen molar-refractivity contribution in [1.82, 2.24) is 9.13 Å². The molecule has 1 unspecified atom stereocenters. The van der Waals surface area contributed by atoms with Gasteiger partial charge in [0.15, 0.2) is 0 Å². The van der Waals surface area contributed by atoms with Gasteiger partial charge < -0.3 is 14.2 Å². The van der Waals surface area contributed by atoms with Crippen LogP contribution in [-0.4, -0.2) is 20.3 Å². The molecule has 3 heteroatoms. The quantitative estimate of drug-likeness (QED) is 0.353. The summed E-state index contributed by atoms with van der Waals surface area (Å²) < 4.78 is 4.72. The van der Waals surface area contributed by atoms with E-state index in [0.29, 0.717) is 13.1 Å². The van der Waals surface area contributed by atoms with E-state index in [-0.39, 0.29) is 0 Å². The number of rotatable bonds is 4. The Labute approximate surface area is 188 Å². The molecule has 3 nitrogen and oxygen atoms in total. The molecule has 0 fully saturated rings. The van der Waals surface area contributed by atoms with E-state index in [9.17, 15) is 5.11 Å². The van der Waals surface area contributed by atoms with Crippen molar-refractivity contribution in [2.45, 2.75) is 57.7 Å². The molecule has 1 N–H and O–H groups in total. The summed E-state index contributed by atoms with van der Waals surface area (Å²) in [5.74, 6) is 0. The molecular formula is C29H30N2O. The minimum absolute atomic E-state index is 0.459. The van der Waals surface area contributed by atoms with Crippen molar-refractivity contribution < 1.29 is 5.11 Å². The van der Waals surface area contributed by atoms with Crippen LogP contribution in [0.1, 0.15) is 36.9 Å². The monoisotopic (exact) mass is 422 g/mol. The van der Waals surface area contributed by atoms with Crippen molar-refractivity contribution >= 4 is 32.7 Å². The molecule has 32 heavy (non-hydrogen) atoms. The molecule has 3 aromatic carbocycles. The van der Waals surface area contributed by atoms with E-state index >= 15 is 0 Å². The first kappa shape index (κ1) is 19.6. The van der Waals surface area contributed by atoms with E-state index in [1.165, 1.54) is 69.6 Å². The summed E-state index contributed by atoms with van der Waals surface area (Å²) in [4.78, 5) is 0. The maximum absolute atomic E-state index is 11.4. The van der Waals surface area contributed by atoms with Crippen LogP contribution in [0.2, 0.25) is 0 Å². The second kappa shape index (κ2) is 8.14. The van der Waals surface area contributed by atoms with Crippen LogP contribution in [-0.2, 0) is 25.9 Å². The van der Waals surface area contributed by atoms with Gasteiger partial charge in [0, 0.05) is 38.4 Å². The Balaban J connectivity index is 1.40. The summed E-state index contributed by atoms with van der Waals surface area (Å²) in [5.41, 5.74) is 6.64. The molecule has 162 valence electrons. The van der Waals surface area contributed by atoms with Crippen LogP contribution in [0, 0.1) is 0 Å². The molecule has 0 radical (unpaired) electrons. The number of aliphatic hydroxyl groups is 1. The normalized spacial score (nSPS) is 15.7. The average molecular weight is 423 g/mol. The fourth-order valence-corrected chi connectivity index (χ4v) is 5.83. The molecule has 5 aromatic rings. The van der Waals surface area contributed by atoms with Crippen LogP contribution in [0.4, 0.5) is 0 Å². The van der Waals surface area contributed by atoms with E-state index in [2.05, 4.69) is 81.9 Å². The van der Waals surface area contributed by atoms with Gasteiger partial charge in [-0.15, -0.1) is 0 Å². The van der Waals surface area contributed by atoms with Gasteiger partial charge in [-0.2, -0.15) is 0 Å². The number of aryl methyl sites for hydroxylation is 1. The molecule has 1 atom stereocenters. The van der Waals surface area contributed by atoms with Gasteiger partial charge in [0.1, 0.15) is 0 Å². The fraction of sp³-hybridized carbons (Fsp3) is 0.310. The highest BCUT2D eigenvalue weighted by Gasteiger charge is 2.21. The number of aromatic nitrogens is 2. The standard InChI is InChI=1S/C29H30N2O/c32-21(20-31-28-17-9-6-13-24(28)25-14-7-10-18-29(25)31)19-30-26-15-4-2-1-3-11-22(26)23-12-5-8-16-27(23)30/h5-10,12-14,16-18,21,32H,1-4,11,15,19-20H2. The van der Waals surface area contributed by atoms with E-state index in [1.54, 1.807) is 0 Å². The first-order chi connectivity index (χ1) is 15.8. The smallest absolute Gasteiger partial charge is 0.0897 e. The number of benzene rings is 3. The maximum Gasteiger partial charge on any atom is 0.0897 e. The molecule has 1 aliphatic rings. The summed E-state index contributed by atoms with van der Waals surface area (Å²) in [6, 6.07) is 25.9. The predicted octanol–water partition coefficient (Wildman–Crippen LogP) is 6.47. The lowest BCUT2D eigenvalue weighted by molar-refractivity contribution is 0.137. The number of nitrogens with zero attached hydrogens (tertiary/aromatic N) is 2.